The smallest absolute Gasteiger partial charge is 0.261 e. The van der Waals surface area contributed by atoms with E-state index in [2.05, 4.69) is 10.0 Å². The van der Waals surface area contributed by atoms with Crippen LogP contribution in [-0.4, -0.2) is 35.5 Å². The number of nitrogens with zero attached hydrogens (tertiary/aromatic N) is 1. The molecule has 0 radical (unpaired) electrons. The quantitative estimate of drug-likeness (QED) is 0.442. The molecule has 3 aromatic carbocycles. The standard InChI is InChI=1S/C24H26ClN3O5S2/c1-16-5-12-22(18(3)13-16)27-35(32,33)21-10-8-20(9-11-21)26-24(29)15-28(34(4,30)31)23-14-19(25)7-6-17(23)2/h5-14,27H,15H2,1-4H3,(H,26,29). The summed E-state index contributed by atoms with van der Waals surface area (Å²) >= 11 is 6.02. The zero-order valence-electron chi connectivity index (χ0n) is 19.7. The van der Waals surface area contributed by atoms with Gasteiger partial charge in [0.2, 0.25) is 15.9 Å². The molecule has 0 aliphatic heterocycles. The summed E-state index contributed by atoms with van der Waals surface area (Å²) in [6.45, 7) is 4.97. The molecule has 0 saturated carbocycles. The van der Waals surface area contributed by atoms with E-state index < -0.39 is 32.5 Å². The van der Waals surface area contributed by atoms with Gasteiger partial charge in [-0.25, -0.2) is 16.8 Å². The van der Waals surface area contributed by atoms with Crippen molar-refractivity contribution >= 4 is 54.6 Å². The van der Waals surface area contributed by atoms with Crippen molar-refractivity contribution in [3.63, 3.8) is 0 Å². The van der Waals surface area contributed by atoms with Crippen molar-refractivity contribution < 1.29 is 21.6 Å². The Morgan fingerprint density at radius 2 is 1.54 bits per heavy atom. The number of carbonyl (C=O) groups is 1. The Bertz CT molecular complexity index is 1470. The van der Waals surface area contributed by atoms with Crippen LogP contribution in [0.3, 0.4) is 0 Å². The van der Waals surface area contributed by atoms with Crippen molar-refractivity contribution in [2.24, 2.45) is 0 Å². The summed E-state index contributed by atoms with van der Waals surface area (Å²) in [5.74, 6) is -0.598. The van der Waals surface area contributed by atoms with E-state index in [-0.39, 0.29) is 4.90 Å². The number of sulfonamides is 2. The minimum atomic E-state index is -3.84. The van der Waals surface area contributed by atoms with E-state index in [9.17, 15) is 21.6 Å². The summed E-state index contributed by atoms with van der Waals surface area (Å²) in [6, 6.07) is 15.8. The number of nitrogens with one attached hydrogen (secondary N) is 2. The molecule has 0 spiro atoms. The number of benzene rings is 3. The van der Waals surface area contributed by atoms with E-state index in [1.165, 1.54) is 30.3 Å². The molecule has 3 aromatic rings. The Kier molecular flexibility index (Phi) is 7.78. The van der Waals surface area contributed by atoms with E-state index in [1.54, 1.807) is 25.1 Å². The van der Waals surface area contributed by atoms with Crippen molar-refractivity contribution in [3.8, 4) is 0 Å². The Hall–Kier alpha value is -3.08. The summed E-state index contributed by atoms with van der Waals surface area (Å²) in [6.07, 6.45) is 1.00. The summed E-state index contributed by atoms with van der Waals surface area (Å²) in [5.41, 5.74) is 3.54. The molecule has 3 rings (SSSR count). The van der Waals surface area contributed by atoms with E-state index in [0.29, 0.717) is 27.6 Å². The van der Waals surface area contributed by atoms with Gasteiger partial charge in [0.25, 0.3) is 10.0 Å². The van der Waals surface area contributed by atoms with E-state index in [1.807, 2.05) is 26.0 Å². The van der Waals surface area contributed by atoms with Gasteiger partial charge in [0.15, 0.2) is 0 Å². The van der Waals surface area contributed by atoms with Crippen LogP contribution in [0.25, 0.3) is 0 Å². The van der Waals surface area contributed by atoms with E-state index in [4.69, 9.17) is 11.6 Å². The lowest BCUT2D eigenvalue weighted by atomic mass is 10.1. The molecule has 8 nitrogen and oxygen atoms in total. The lowest BCUT2D eigenvalue weighted by Gasteiger charge is -2.24. The first-order valence-electron chi connectivity index (χ1n) is 10.5. The highest BCUT2D eigenvalue weighted by molar-refractivity contribution is 7.92. The fourth-order valence-electron chi connectivity index (χ4n) is 3.41. The average molecular weight is 536 g/mol. The molecule has 0 unspecified atom stereocenters. The number of carbonyl (C=O) groups excluding carboxylic acids is 1. The number of aryl methyl sites for hydroxylation is 3. The van der Waals surface area contributed by atoms with Gasteiger partial charge in [-0.05, 0) is 74.4 Å². The Morgan fingerprint density at radius 1 is 0.886 bits per heavy atom. The fourth-order valence-corrected chi connectivity index (χ4v) is 5.62. The average Bonchev–Trinajstić information content (AvgIpc) is 2.75. The largest absolute Gasteiger partial charge is 0.325 e. The van der Waals surface area contributed by atoms with Crippen LogP contribution in [0.5, 0.6) is 0 Å². The molecule has 0 aliphatic carbocycles. The molecular formula is C24H26ClN3O5S2. The van der Waals surface area contributed by atoms with Crippen LogP contribution >= 0.6 is 11.6 Å². The molecular weight excluding hydrogens is 510 g/mol. The Labute approximate surface area is 211 Å². The Morgan fingerprint density at radius 3 is 2.14 bits per heavy atom. The van der Waals surface area contributed by atoms with E-state index in [0.717, 1.165) is 21.7 Å². The van der Waals surface area contributed by atoms with Gasteiger partial charge in [-0.15, -0.1) is 0 Å². The Balaban J connectivity index is 1.75. The van der Waals surface area contributed by atoms with Crippen molar-refractivity contribution in [3.05, 3.63) is 82.4 Å². The predicted octanol–water partition coefficient (Wildman–Crippen LogP) is 4.47. The molecule has 0 aromatic heterocycles. The second-order valence-electron chi connectivity index (χ2n) is 8.20. The maximum absolute atomic E-state index is 12.8. The molecule has 0 heterocycles. The van der Waals surface area contributed by atoms with Crippen LogP contribution in [0, 0.1) is 20.8 Å². The molecule has 0 aliphatic rings. The van der Waals surface area contributed by atoms with Gasteiger partial charge in [0.1, 0.15) is 6.54 Å². The molecule has 0 atom stereocenters. The first kappa shape index (κ1) is 26.5. The lowest BCUT2D eigenvalue weighted by molar-refractivity contribution is -0.114. The first-order valence-corrected chi connectivity index (χ1v) is 14.2. The molecule has 0 fully saturated rings. The highest BCUT2D eigenvalue weighted by atomic mass is 35.5. The molecule has 2 N–H and O–H groups in total. The minimum absolute atomic E-state index is 0.0165. The van der Waals surface area contributed by atoms with Crippen LogP contribution in [0.4, 0.5) is 17.1 Å². The van der Waals surface area contributed by atoms with Crippen LogP contribution < -0.4 is 14.3 Å². The van der Waals surface area contributed by atoms with Crippen LogP contribution in [0.15, 0.2) is 65.6 Å². The van der Waals surface area contributed by atoms with Crippen LogP contribution in [0.2, 0.25) is 5.02 Å². The van der Waals surface area contributed by atoms with Gasteiger partial charge < -0.3 is 5.32 Å². The molecule has 0 saturated heterocycles. The van der Waals surface area contributed by atoms with Gasteiger partial charge in [-0.1, -0.05) is 35.4 Å². The summed E-state index contributed by atoms with van der Waals surface area (Å²) < 4.78 is 53.8. The number of halogens is 1. The maximum Gasteiger partial charge on any atom is 0.261 e. The molecule has 35 heavy (non-hydrogen) atoms. The van der Waals surface area contributed by atoms with Crippen molar-refractivity contribution in [2.45, 2.75) is 25.7 Å². The first-order chi connectivity index (χ1) is 16.3. The number of amides is 1. The van der Waals surface area contributed by atoms with Gasteiger partial charge in [-0.3, -0.25) is 13.8 Å². The van der Waals surface area contributed by atoms with E-state index >= 15 is 0 Å². The van der Waals surface area contributed by atoms with Gasteiger partial charge >= 0.3 is 0 Å². The molecule has 0 bridgehead atoms. The highest BCUT2D eigenvalue weighted by Crippen LogP contribution is 2.26. The molecule has 1 amide bonds. The summed E-state index contributed by atoms with van der Waals surface area (Å²) in [4.78, 5) is 12.7. The van der Waals surface area contributed by atoms with Crippen molar-refractivity contribution in [1.29, 1.82) is 0 Å². The van der Waals surface area contributed by atoms with Crippen molar-refractivity contribution in [1.82, 2.24) is 0 Å². The molecule has 11 heteroatoms. The van der Waals surface area contributed by atoms with Gasteiger partial charge in [-0.2, -0.15) is 0 Å². The summed E-state index contributed by atoms with van der Waals surface area (Å²) in [7, 11) is -7.62. The van der Waals surface area contributed by atoms with Crippen LogP contribution in [-0.2, 0) is 24.8 Å². The molecule has 186 valence electrons. The number of hydrogen-bond donors (Lipinski definition) is 2. The third kappa shape index (κ3) is 6.74. The maximum atomic E-state index is 12.8. The van der Waals surface area contributed by atoms with Crippen molar-refractivity contribution in [2.75, 3.05) is 27.1 Å². The highest BCUT2D eigenvalue weighted by Gasteiger charge is 2.23. The topological polar surface area (TPSA) is 113 Å². The number of anilines is 3. The fraction of sp³-hybridized carbons (Fsp3) is 0.208. The third-order valence-electron chi connectivity index (χ3n) is 5.20. The summed E-state index contributed by atoms with van der Waals surface area (Å²) in [5, 5.41) is 2.94. The number of rotatable bonds is 8. The monoisotopic (exact) mass is 535 g/mol. The lowest BCUT2D eigenvalue weighted by Crippen LogP contribution is -2.37. The van der Waals surface area contributed by atoms with Crippen LogP contribution in [0.1, 0.15) is 16.7 Å². The predicted molar refractivity (Wildman–Crippen MR) is 140 cm³/mol. The second kappa shape index (κ2) is 10.3. The third-order valence-corrected chi connectivity index (χ3v) is 7.94. The SMILES string of the molecule is Cc1ccc(NS(=O)(=O)c2ccc(NC(=O)CN(c3cc(Cl)ccc3C)S(C)(=O)=O)cc2)c(C)c1. The second-order valence-corrected chi connectivity index (χ2v) is 12.2. The zero-order valence-corrected chi connectivity index (χ0v) is 22.1. The zero-order chi connectivity index (χ0) is 26.0. The normalized spacial score (nSPS) is 11.7. The van der Waals surface area contributed by atoms with Gasteiger partial charge in [0.05, 0.1) is 22.5 Å². The minimum Gasteiger partial charge on any atom is -0.325 e. The number of hydrogen-bond acceptors (Lipinski definition) is 5. The van der Waals surface area contributed by atoms with Gasteiger partial charge in [0, 0.05) is 10.7 Å².